The van der Waals surface area contributed by atoms with Gasteiger partial charge in [-0.1, -0.05) is 48.6 Å². The molecule has 3 aromatic rings. The molecule has 0 amide bonds. The van der Waals surface area contributed by atoms with E-state index in [1.165, 1.54) is 0 Å². The van der Waals surface area contributed by atoms with Crippen molar-refractivity contribution in [3.05, 3.63) is 102 Å². The van der Waals surface area contributed by atoms with Crippen LogP contribution >= 0.6 is 0 Å². The van der Waals surface area contributed by atoms with E-state index in [0.717, 1.165) is 64.7 Å². The fraction of sp³-hybridized carbons (Fsp3) is 0.185. The lowest BCUT2D eigenvalue weighted by molar-refractivity contribution is 0.443. The van der Waals surface area contributed by atoms with Gasteiger partial charge in [0.25, 0.3) is 0 Å². The largest absolute Gasteiger partial charge is 0.458 e. The lowest BCUT2D eigenvalue weighted by Crippen LogP contribution is -2.06. The van der Waals surface area contributed by atoms with Crippen LogP contribution in [0.3, 0.4) is 0 Å². The Bertz CT molecular complexity index is 1260. The first-order valence-corrected chi connectivity index (χ1v) is 11.1. The number of hydrogen-bond donors (Lipinski definition) is 2. The topological polar surface area (TPSA) is 62.8 Å². The van der Waals surface area contributed by atoms with Gasteiger partial charge in [-0.2, -0.15) is 0 Å². The van der Waals surface area contributed by atoms with Crippen molar-refractivity contribution < 1.29 is 4.74 Å². The molecule has 1 unspecified atom stereocenters. The van der Waals surface area contributed by atoms with Gasteiger partial charge in [-0.3, -0.25) is 0 Å². The van der Waals surface area contributed by atoms with Crippen LogP contribution in [0.5, 0.6) is 5.75 Å². The standard InChI is InChI=1S/C27H26N4O/c1-2-28-23-18-29-27-24(23)25(30-26(31-27)20-10-5-3-6-11-20)19-12-9-15-22(17-16-19)32-21-13-7-4-8-14-21/h3-8,10,12-18,20,28H,2,9,11H2,1H3,(H,29,30,31). The van der Waals surface area contributed by atoms with Crippen LogP contribution in [0, 0.1) is 0 Å². The summed E-state index contributed by atoms with van der Waals surface area (Å²) in [7, 11) is 0. The molecule has 0 radical (unpaired) electrons. The Morgan fingerprint density at radius 3 is 2.81 bits per heavy atom. The molecule has 2 N–H and O–H groups in total. The predicted octanol–water partition coefficient (Wildman–Crippen LogP) is 6.30. The van der Waals surface area contributed by atoms with Crippen molar-refractivity contribution in [1.29, 1.82) is 0 Å². The zero-order valence-electron chi connectivity index (χ0n) is 18.1. The van der Waals surface area contributed by atoms with Crippen LogP contribution in [-0.2, 0) is 0 Å². The third-order valence-corrected chi connectivity index (χ3v) is 5.56. The van der Waals surface area contributed by atoms with Gasteiger partial charge in [-0.25, -0.2) is 9.97 Å². The Kier molecular flexibility index (Phi) is 5.71. The van der Waals surface area contributed by atoms with Crippen LogP contribution in [0.2, 0.25) is 0 Å². The van der Waals surface area contributed by atoms with Gasteiger partial charge in [-0.15, -0.1) is 0 Å². The molecular weight excluding hydrogens is 396 g/mol. The summed E-state index contributed by atoms with van der Waals surface area (Å²) in [5.41, 5.74) is 3.89. The van der Waals surface area contributed by atoms with E-state index < -0.39 is 0 Å². The van der Waals surface area contributed by atoms with E-state index in [4.69, 9.17) is 14.7 Å². The molecule has 2 aliphatic carbocycles. The summed E-state index contributed by atoms with van der Waals surface area (Å²) in [5, 5.41) is 4.46. The van der Waals surface area contributed by atoms with Gasteiger partial charge in [-0.05, 0) is 55.7 Å². The van der Waals surface area contributed by atoms with Crippen LogP contribution in [0.15, 0.2) is 90.9 Å². The van der Waals surface area contributed by atoms with Crippen molar-refractivity contribution in [1.82, 2.24) is 15.0 Å². The van der Waals surface area contributed by atoms with Crippen LogP contribution in [0.4, 0.5) is 5.69 Å². The summed E-state index contributed by atoms with van der Waals surface area (Å²) in [4.78, 5) is 13.3. The number of hydrogen-bond acceptors (Lipinski definition) is 4. The first kappa shape index (κ1) is 20.1. The molecule has 2 aliphatic rings. The van der Waals surface area contributed by atoms with Gasteiger partial charge in [0.1, 0.15) is 23.0 Å². The molecule has 5 rings (SSSR count). The molecule has 1 aromatic carbocycles. The van der Waals surface area contributed by atoms with E-state index in [9.17, 15) is 0 Å². The highest BCUT2D eigenvalue weighted by atomic mass is 16.5. The fourth-order valence-electron chi connectivity index (χ4n) is 4.01. The number of benzene rings is 1. The van der Waals surface area contributed by atoms with Gasteiger partial charge >= 0.3 is 0 Å². The van der Waals surface area contributed by atoms with E-state index in [-0.39, 0.29) is 5.92 Å². The van der Waals surface area contributed by atoms with Gasteiger partial charge in [0, 0.05) is 18.7 Å². The number of fused-ring (bicyclic) bond motifs is 1. The number of allylic oxidation sites excluding steroid dienone is 9. The van der Waals surface area contributed by atoms with Crippen LogP contribution in [0.1, 0.15) is 37.2 Å². The van der Waals surface area contributed by atoms with E-state index in [1.54, 1.807) is 0 Å². The molecule has 0 saturated heterocycles. The highest BCUT2D eigenvalue weighted by molar-refractivity contribution is 6.00. The first-order valence-electron chi connectivity index (χ1n) is 11.1. The number of nitrogens with zero attached hydrogens (tertiary/aromatic N) is 2. The monoisotopic (exact) mass is 422 g/mol. The fourth-order valence-corrected chi connectivity index (χ4v) is 4.01. The minimum atomic E-state index is 0.180. The minimum absolute atomic E-state index is 0.180. The Morgan fingerprint density at radius 1 is 1.09 bits per heavy atom. The Labute approximate surface area is 187 Å². The van der Waals surface area contributed by atoms with E-state index in [2.05, 4.69) is 59.8 Å². The number of H-pyrrole nitrogens is 1. The maximum absolute atomic E-state index is 6.05. The average molecular weight is 423 g/mol. The number of aromatic nitrogens is 3. The second-order valence-electron chi connectivity index (χ2n) is 7.79. The summed E-state index contributed by atoms with van der Waals surface area (Å²) in [6.45, 7) is 2.92. The SMILES string of the molecule is CCNc1c[nH]c2nc(C3C=CC=CC3)nc(C3=CCC=C(Oc4ccccc4)C=C3)c12. The maximum Gasteiger partial charge on any atom is 0.143 e. The number of ether oxygens (including phenoxy) is 1. The van der Waals surface area contributed by atoms with E-state index in [0.29, 0.717) is 0 Å². The normalized spacial score (nSPS) is 17.7. The van der Waals surface area contributed by atoms with Crippen molar-refractivity contribution in [3.8, 4) is 5.75 Å². The first-order chi connectivity index (χ1) is 15.8. The molecule has 0 fully saturated rings. The number of nitrogens with one attached hydrogen (secondary N) is 2. The maximum atomic E-state index is 6.05. The van der Waals surface area contributed by atoms with Crippen molar-refractivity contribution in [2.24, 2.45) is 0 Å². The van der Waals surface area contributed by atoms with Gasteiger partial charge in [0.05, 0.1) is 16.8 Å². The third-order valence-electron chi connectivity index (χ3n) is 5.56. The van der Waals surface area contributed by atoms with Gasteiger partial charge < -0.3 is 15.0 Å². The summed E-state index contributed by atoms with van der Waals surface area (Å²) in [6, 6.07) is 9.85. The summed E-state index contributed by atoms with van der Waals surface area (Å²) in [5.74, 6) is 2.68. The number of aromatic amines is 1. The number of anilines is 1. The summed E-state index contributed by atoms with van der Waals surface area (Å²) >= 11 is 0. The molecular formula is C27H26N4O. The second-order valence-corrected chi connectivity index (χ2v) is 7.79. The average Bonchev–Trinajstić information content (AvgIpc) is 3.10. The highest BCUT2D eigenvalue weighted by Gasteiger charge is 2.20. The Hall–Kier alpha value is -3.86. The zero-order chi connectivity index (χ0) is 21.8. The quantitative estimate of drug-likeness (QED) is 0.490. The van der Waals surface area contributed by atoms with E-state index >= 15 is 0 Å². The van der Waals surface area contributed by atoms with Crippen molar-refractivity contribution in [2.45, 2.75) is 25.7 Å². The second kappa shape index (κ2) is 9.10. The van der Waals surface area contributed by atoms with Crippen molar-refractivity contribution >= 4 is 22.3 Å². The Balaban J connectivity index is 1.52. The summed E-state index contributed by atoms with van der Waals surface area (Å²) in [6.07, 6.45) is 20.5. The molecule has 160 valence electrons. The van der Waals surface area contributed by atoms with Gasteiger partial charge in [0.2, 0.25) is 0 Å². The molecule has 5 nitrogen and oxygen atoms in total. The van der Waals surface area contributed by atoms with Gasteiger partial charge in [0.15, 0.2) is 0 Å². The highest BCUT2D eigenvalue weighted by Crippen LogP contribution is 2.33. The molecule has 0 bridgehead atoms. The smallest absolute Gasteiger partial charge is 0.143 e. The summed E-state index contributed by atoms with van der Waals surface area (Å²) < 4.78 is 6.05. The molecule has 0 saturated carbocycles. The zero-order valence-corrected chi connectivity index (χ0v) is 18.1. The van der Waals surface area contributed by atoms with Crippen LogP contribution < -0.4 is 10.1 Å². The molecule has 0 spiro atoms. The lowest BCUT2D eigenvalue weighted by atomic mass is 9.99. The van der Waals surface area contributed by atoms with Crippen LogP contribution in [-0.4, -0.2) is 21.5 Å². The molecule has 2 heterocycles. The van der Waals surface area contributed by atoms with E-state index in [1.807, 2.05) is 42.6 Å². The molecule has 2 aromatic heterocycles. The molecule has 32 heavy (non-hydrogen) atoms. The molecule has 0 aliphatic heterocycles. The molecule has 5 heteroatoms. The third kappa shape index (κ3) is 4.14. The predicted molar refractivity (Wildman–Crippen MR) is 131 cm³/mol. The van der Waals surface area contributed by atoms with Crippen LogP contribution in [0.25, 0.3) is 16.6 Å². The van der Waals surface area contributed by atoms with Crippen molar-refractivity contribution in [2.75, 3.05) is 11.9 Å². The number of para-hydroxylation sites is 1. The minimum Gasteiger partial charge on any atom is -0.458 e. The number of rotatable bonds is 6. The lowest BCUT2D eigenvalue weighted by Gasteiger charge is -2.14. The Morgan fingerprint density at radius 2 is 2.00 bits per heavy atom. The molecule has 1 atom stereocenters. The van der Waals surface area contributed by atoms with Crippen molar-refractivity contribution in [3.63, 3.8) is 0 Å².